The van der Waals surface area contributed by atoms with Gasteiger partial charge in [-0.05, 0) is 110 Å². The topological polar surface area (TPSA) is 9.23 Å². The minimum absolute atomic E-state index is 0.742. The summed E-state index contributed by atoms with van der Waals surface area (Å²) in [6.45, 7) is 9.62. The van der Waals surface area contributed by atoms with E-state index in [2.05, 4.69) is 44.7 Å². The van der Waals surface area contributed by atoms with Crippen molar-refractivity contribution in [3.63, 3.8) is 0 Å². The van der Waals surface area contributed by atoms with E-state index in [1.165, 1.54) is 121 Å². The minimum Gasteiger partial charge on any atom is -0.493 e. The van der Waals surface area contributed by atoms with E-state index in [1.54, 1.807) is 5.56 Å². The molecule has 0 saturated heterocycles. The lowest BCUT2D eigenvalue weighted by molar-refractivity contribution is 0.156. The van der Waals surface area contributed by atoms with Crippen molar-refractivity contribution in [3.05, 3.63) is 42.0 Å². The number of hydrogen-bond acceptors (Lipinski definition) is 1. The van der Waals surface area contributed by atoms with Gasteiger partial charge in [0.1, 0.15) is 5.75 Å². The van der Waals surface area contributed by atoms with Crippen molar-refractivity contribution in [1.29, 1.82) is 0 Å². The van der Waals surface area contributed by atoms with Crippen LogP contribution in [0.3, 0.4) is 0 Å². The molecule has 37 heavy (non-hydrogen) atoms. The van der Waals surface area contributed by atoms with Gasteiger partial charge in [-0.25, -0.2) is 0 Å². The molecule has 0 atom stereocenters. The summed E-state index contributed by atoms with van der Waals surface area (Å²) in [6.07, 6.45) is 28.7. The first kappa shape index (κ1) is 28.8. The molecular weight excluding hydrogens is 448 g/mol. The van der Waals surface area contributed by atoms with Crippen LogP contribution in [-0.4, -0.2) is 6.61 Å². The van der Waals surface area contributed by atoms with Crippen LogP contribution in [0.1, 0.15) is 146 Å². The van der Waals surface area contributed by atoms with Gasteiger partial charge in [0.25, 0.3) is 0 Å². The number of allylic oxidation sites excluding steroid dienone is 1. The summed E-state index contributed by atoms with van der Waals surface area (Å²) in [5.74, 6) is 6.63. The molecule has 0 bridgehead atoms. The van der Waals surface area contributed by atoms with Gasteiger partial charge in [0.05, 0.1) is 6.61 Å². The molecule has 3 fully saturated rings. The maximum atomic E-state index is 6.48. The van der Waals surface area contributed by atoms with Gasteiger partial charge in [0.15, 0.2) is 0 Å². The maximum absolute atomic E-state index is 6.48. The second-order valence-corrected chi connectivity index (χ2v) is 13.2. The van der Waals surface area contributed by atoms with Crippen LogP contribution < -0.4 is 4.74 Å². The number of rotatable bonds is 13. The van der Waals surface area contributed by atoms with Gasteiger partial charge in [-0.15, -0.1) is 6.58 Å². The second kappa shape index (κ2) is 15.4. The highest BCUT2D eigenvalue weighted by Crippen LogP contribution is 2.45. The lowest BCUT2D eigenvalue weighted by Gasteiger charge is -2.38. The first-order chi connectivity index (χ1) is 18.2. The average molecular weight is 507 g/mol. The quantitative estimate of drug-likeness (QED) is 0.191. The van der Waals surface area contributed by atoms with E-state index in [-0.39, 0.29) is 0 Å². The van der Waals surface area contributed by atoms with Gasteiger partial charge in [-0.3, -0.25) is 0 Å². The third kappa shape index (κ3) is 8.63. The molecule has 0 heterocycles. The van der Waals surface area contributed by atoms with E-state index < -0.39 is 0 Å². The standard InChI is InChI=1S/C36H58O/c1-4-7-8-11-29-12-14-30(15-13-29)27-37-36-25-24-34(26-35(36)10-6-3)33-22-20-32(21-23-33)31-18-16-28(9-5-2)17-19-31/h6,24-26,28-33H,3-5,7-23,27H2,1-2H3. The van der Waals surface area contributed by atoms with E-state index in [0.717, 1.165) is 54.3 Å². The summed E-state index contributed by atoms with van der Waals surface area (Å²) in [7, 11) is 0. The molecule has 3 aliphatic carbocycles. The zero-order valence-electron chi connectivity index (χ0n) is 24.5. The largest absolute Gasteiger partial charge is 0.493 e. The van der Waals surface area contributed by atoms with E-state index in [1.807, 2.05) is 0 Å². The lowest BCUT2D eigenvalue weighted by atomic mass is 9.68. The van der Waals surface area contributed by atoms with Gasteiger partial charge in [0, 0.05) is 0 Å². The Morgan fingerprint density at radius 2 is 1.35 bits per heavy atom. The van der Waals surface area contributed by atoms with Crippen molar-refractivity contribution < 1.29 is 4.74 Å². The molecule has 4 rings (SSSR count). The van der Waals surface area contributed by atoms with E-state index in [0.29, 0.717) is 0 Å². The highest BCUT2D eigenvalue weighted by Gasteiger charge is 2.31. The first-order valence-electron chi connectivity index (χ1n) is 16.6. The van der Waals surface area contributed by atoms with Crippen molar-refractivity contribution in [2.75, 3.05) is 6.61 Å². The summed E-state index contributed by atoms with van der Waals surface area (Å²) in [4.78, 5) is 0. The Labute approximate surface area is 230 Å². The molecule has 1 aromatic rings. The summed E-state index contributed by atoms with van der Waals surface area (Å²) in [5, 5.41) is 0. The SMILES string of the molecule is C=CCc1cc(C2CCC(C3CCC(CCC)CC3)CC2)ccc1OCC1CCC(CCCCC)CC1. The fraction of sp³-hybridized carbons (Fsp3) is 0.778. The van der Waals surface area contributed by atoms with Crippen LogP contribution in [-0.2, 0) is 6.42 Å². The molecule has 1 aromatic carbocycles. The second-order valence-electron chi connectivity index (χ2n) is 13.2. The lowest BCUT2D eigenvalue weighted by Crippen LogP contribution is -2.25. The highest BCUT2D eigenvalue weighted by atomic mass is 16.5. The molecule has 3 aliphatic rings. The Bertz CT molecular complexity index is 772. The summed E-state index contributed by atoms with van der Waals surface area (Å²) in [6, 6.07) is 7.17. The molecule has 0 spiro atoms. The summed E-state index contributed by atoms with van der Waals surface area (Å²) < 4.78 is 6.48. The fourth-order valence-corrected chi connectivity index (χ4v) is 8.17. The number of benzene rings is 1. The number of unbranched alkanes of at least 4 members (excludes halogenated alkanes) is 2. The van der Waals surface area contributed by atoms with Crippen LogP contribution in [0.15, 0.2) is 30.9 Å². The molecule has 0 aromatic heterocycles. The summed E-state index contributed by atoms with van der Waals surface area (Å²) >= 11 is 0. The van der Waals surface area contributed by atoms with Gasteiger partial charge in [0.2, 0.25) is 0 Å². The summed E-state index contributed by atoms with van der Waals surface area (Å²) in [5.41, 5.74) is 2.92. The van der Waals surface area contributed by atoms with Gasteiger partial charge < -0.3 is 4.74 Å². The Balaban J connectivity index is 1.23. The van der Waals surface area contributed by atoms with Crippen molar-refractivity contribution in [2.45, 2.75) is 142 Å². The zero-order valence-corrected chi connectivity index (χ0v) is 24.5. The molecule has 0 amide bonds. The van der Waals surface area contributed by atoms with Crippen LogP contribution in [0, 0.1) is 29.6 Å². The van der Waals surface area contributed by atoms with Crippen molar-refractivity contribution in [3.8, 4) is 5.75 Å². The molecule has 1 heteroatoms. The van der Waals surface area contributed by atoms with Gasteiger partial charge in [-0.2, -0.15) is 0 Å². The van der Waals surface area contributed by atoms with Crippen LogP contribution in [0.4, 0.5) is 0 Å². The highest BCUT2D eigenvalue weighted by molar-refractivity contribution is 5.40. The number of hydrogen-bond donors (Lipinski definition) is 0. The minimum atomic E-state index is 0.742. The Morgan fingerprint density at radius 1 is 0.730 bits per heavy atom. The Kier molecular flexibility index (Phi) is 12.0. The predicted octanol–water partition coefficient (Wildman–Crippen LogP) is 11.1. The van der Waals surface area contributed by atoms with Crippen LogP contribution in [0.2, 0.25) is 0 Å². The normalized spacial score (nSPS) is 30.6. The third-order valence-electron chi connectivity index (χ3n) is 10.6. The van der Waals surface area contributed by atoms with E-state index in [9.17, 15) is 0 Å². The monoisotopic (exact) mass is 506 g/mol. The predicted molar refractivity (Wildman–Crippen MR) is 160 cm³/mol. The van der Waals surface area contributed by atoms with E-state index >= 15 is 0 Å². The fourth-order valence-electron chi connectivity index (χ4n) is 8.17. The molecule has 0 aliphatic heterocycles. The molecule has 0 N–H and O–H groups in total. The van der Waals surface area contributed by atoms with Gasteiger partial charge >= 0.3 is 0 Å². The number of ether oxygens (including phenoxy) is 1. The average Bonchev–Trinajstić information content (AvgIpc) is 2.94. The zero-order chi connectivity index (χ0) is 25.9. The van der Waals surface area contributed by atoms with Crippen LogP contribution in [0.25, 0.3) is 0 Å². The molecule has 0 unspecified atom stereocenters. The molecule has 0 radical (unpaired) electrons. The first-order valence-corrected chi connectivity index (χ1v) is 16.6. The molecule has 3 saturated carbocycles. The third-order valence-corrected chi connectivity index (χ3v) is 10.6. The van der Waals surface area contributed by atoms with Crippen molar-refractivity contribution in [1.82, 2.24) is 0 Å². The van der Waals surface area contributed by atoms with Crippen molar-refractivity contribution in [2.24, 2.45) is 29.6 Å². The van der Waals surface area contributed by atoms with Gasteiger partial charge in [-0.1, -0.05) is 96.3 Å². The molecule has 208 valence electrons. The van der Waals surface area contributed by atoms with E-state index in [4.69, 9.17) is 4.74 Å². The Hall–Kier alpha value is -1.24. The smallest absolute Gasteiger partial charge is 0.122 e. The van der Waals surface area contributed by atoms with Crippen molar-refractivity contribution >= 4 is 0 Å². The molecule has 1 nitrogen and oxygen atoms in total. The van der Waals surface area contributed by atoms with Crippen LogP contribution in [0.5, 0.6) is 5.75 Å². The Morgan fingerprint density at radius 3 is 2.00 bits per heavy atom. The molecular formula is C36H58O. The maximum Gasteiger partial charge on any atom is 0.122 e. The van der Waals surface area contributed by atoms with Crippen LogP contribution >= 0.6 is 0 Å².